The zero-order valence-electron chi connectivity index (χ0n) is 20.6. The van der Waals surface area contributed by atoms with Gasteiger partial charge in [-0.3, -0.25) is 0 Å². The number of benzene rings is 2. The van der Waals surface area contributed by atoms with Gasteiger partial charge in [0.15, 0.2) is 0 Å². The maximum absolute atomic E-state index is 11.5. The number of unbranched alkanes of at least 4 members (excludes halogenated alkanes) is 3. The number of allylic oxidation sites excluding steroid dienone is 2. The molecular weight excluding hydrogens is 388 g/mol. The second kappa shape index (κ2) is 11.9. The summed E-state index contributed by atoms with van der Waals surface area (Å²) in [6, 6.07) is 17.6. The molecule has 0 saturated heterocycles. The Bertz CT molecular complexity index is 976. The fourth-order valence-corrected chi connectivity index (χ4v) is 4.72. The van der Waals surface area contributed by atoms with E-state index in [1.54, 1.807) is 0 Å². The Morgan fingerprint density at radius 3 is 1.84 bits per heavy atom. The molecule has 0 unspecified atom stereocenters. The minimum Gasteiger partial charge on any atom is -0.493 e. The summed E-state index contributed by atoms with van der Waals surface area (Å²) in [7, 11) is 0. The normalized spacial score (nSPS) is 14.1. The Morgan fingerprint density at radius 2 is 1.22 bits per heavy atom. The van der Waals surface area contributed by atoms with Gasteiger partial charge in [-0.2, -0.15) is 0 Å². The van der Waals surface area contributed by atoms with Gasteiger partial charge in [-0.15, -0.1) is 0 Å². The second-order valence-electron chi connectivity index (χ2n) is 9.03. The molecule has 0 spiro atoms. The Labute approximate surface area is 195 Å². The molecule has 2 aromatic carbocycles. The van der Waals surface area contributed by atoms with Gasteiger partial charge in [0.2, 0.25) is 11.4 Å². The standard InChI is InChI=1S/C30H40N2/c1-5-9-13-23-18-20-25(21-19-23)29-27(8-4)28(17-11-7-3)30(32(29)31)26-16-12-15-24(22-26)14-10-6-2/h12,15-16,18-22H,5-11,13-14,17H2,1-4H3. The number of hydrogen-bond acceptors (Lipinski definition) is 0. The smallest absolute Gasteiger partial charge is 0.211 e. The maximum Gasteiger partial charge on any atom is 0.211 e. The highest BCUT2D eigenvalue weighted by atomic mass is 15.2. The van der Waals surface area contributed by atoms with Crippen LogP contribution >= 0.6 is 0 Å². The van der Waals surface area contributed by atoms with Gasteiger partial charge in [0.25, 0.3) is 0 Å². The summed E-state index contributed by atoms with van der Waals surface area (Å²) in [5.74, 6) is 0. The largest absolute Gasteiger partial charge is 0.493 e. The quantitative estimate of drug-likeness (QED) is 0.301. The Balaban J connectivity index is 2.02. The first-order chi connectivity index (χ1) is 15.6. The van der Waals surface area contributed by atoms with Crippen molar-refractivity contribution in [2.45, 2.75) is 91.9 Å². The first kappa shape index (κ1) is 24.2. The van der Waals surface area contributed by atoms with E-state index in [9.17, 15) is 5.53 Å². The van der Waals surface area contributed by atoms with Crippen molar-refractivity contribution in [1.29, 1.82) is 0 Å². The van der Waals surface area contributed by atoms with Crippen molar-refractivity contribution in [3.05, 3.63) is 87.5 Å². The minimum atomic E-state index is 0.919. The van der Waals surface area contributed by atoms with Gasteiger partial charge in [-0.05, 0) is 80.3 Å². The number of aryl methyl sites for hydroxylation is 2. The molecule has 2 heteroatoms. The maximum atomic E-state index is 11.5. The number of nitrogens with zero attached hydrogens (tertiary/aromatic N) is 2. The molecule has 1 heterocycles. The molecule has 1 aliphatic heterocycles. The van der Waals surface area contributed by atoms with Crippen LogP contribution in [0, 0.1) is 0 Å². The van der Waals surface area contributed by atoms with E-state index in [2.05, 4.69) is 76.2 Å². The van der Waals surface area contributed by atoms with Crippen LogP contribution < -0.4 is 0 Å². The topological polar surface area (TPSA) is 25.3 Å². The van der Waals surface area contributed by atoms with Gasteiger partial charge in [-0.1, -0.05) is 71.2 Å². The van der Waals surface area contributed by atoms with Gasteiger partial charge >= 0.3 is 0 Å². The van der Waals surface area contributed by atoms with Gasteiger partial charge in [0.1, 0.15) is 0 Å². The SMILES string of the molecule is CCCCC1=C(c2cccc(CCCC)c2)[N+](=[N-])C(c2ccc(CCCC)cc2)=C1CC. The van der Waals surface area contributed by atoms with E-state index in [4.69, 9.17) is 0 Å². The van der Waals surface area contributed by atoms with Crippen molar-refractivity contribution in [2.24, 2.45) is 0 Å². The summed E-state index contributed by atoms with van der Waals surface area (Å²) in [5.41, 5.74) is 21.0. The molecule has 0 fully saturated rings. The van der Waals surface area contributed by atoms with Crippen LogP contribution in [0.1, 0.15) is 101 Å². The fourth-order valence-electron chi connectivity index (χ4n) is 4.72. The first-order valence-corrected chi connectivity index (χ1v) is 12.8. The Hall–Kier alpha value is -2.48. The van der Waals surface area contributed by atoms with E-state index in [0.29, 0.717) is 0 Å². The zero-order chi connectivity index (χ0) is 22.9. The molecule has 0 amide bonds. The van der Waals surface area contributed by atoms with Gasteiger partial charge in [0.05, 0.1) is 0 Å². The predicted octanol–water partition coefficient (Wildman–Crippen LogP) is 9.14. The van der Waals surface area contributed by atoms with Crippen LogP contribution in [0.4, 0.5) is 0 Å². The third-order valence-electron chi connectivity index (χ3n) is 6.56. The van der Waals surface area contributed by atoms with Crippen molar-refractivity contribution in [3.8, 4) is 0 Å². The summed E-state index contributed by atoms with van der Waals surface area (Å²) in [6.07, 6.45) is 11.2. The zero-order valence-corrected chi connectivity index (χ0v) is 20.6. The third kappa shape index (κ3) is 5.46. The van der Waals surface area contributed by atoms with Crippen molar-refractivity contribution >= 4 is 11.4 Å². The van der Waals surface area contributed by atoms with Crippen molar-refractivity contribution in [2.75, 3.05) is 0 Å². The molecule has 1 aliphatic rings. The van der Waals surface area contributed by atoms with E-state index < -0.39 is 0 Å². The second-order valence-corrected chi connectivity index (χ2v) is 9.03. The van der Waals surface area contributed by atoms with Crippen molar-refractivity contribution < 1.29 is 4.70 Å². The molecule has 3 rings (SSSR count). The molecule has 2 aromatic rings. The van der Waals surface area contributed by atoms with E-state index in [-0.39, 0.29) is 0 Å². The lowest BCUT2D eigenvalue weighted by molar-refractivity contribution is -0.345. The highest BCUT2D eigenvalue weighted by molar-refractivity contribution is 5.82. The van der Waals surface area contributed by atoms with Crippen molar-refractivity contribution in [1.82, 2.24) is 0 Å². The molecule has 0 N–H and O–H groups in total. The summed E-state index contributed by atoms with van der Waals surface area (Å²) in [6.45, 7) is 8.92. The van der Waals surface area contributed by atoms with Gasteiger partial charge in [-0.25, -0.2) is 4.70 Å². The minimum absolute atomic E-state index is 0.919. The van der Waals surface area contributed by atoms with Crippen LogP contribution in [0.3, 0.4) is 0 Å². The molecule has 2 nitrogen and oxygen atoms in total. The summed E-state index contributed by atoms with van der Waals surface area (Å²) >= 11 is 0. The lowest BCUT2D eigenvalue weighted by atomic mass is 9.93. The molecular formula is C30H40N2. The third-order valence-corrected chi connectivity index (χ3v) is 6.56. The summed E-state index contributed by atoms with van der Waals surface area (Å²) in [5, 5.41) is 0. The van der Waals surface area contributed by atoms with E-state index in [1.165, 1.54) is 52.7 Å². The predicted molar refractivity (Wildman–Crippen MR) is 137 cm³/mol. The summed E-state index contributed by atoms with van der Waals surface area (Å²) < 4.78 is 1.49. The molecule has 170 valence electrons. The lowest BCUT2D eigenvalue weighted by Gasteiger charge is -2.11. The average Bonchev–Trinajstić information content (AvgIpc) is 3.11. The molecule has 32 heavy (non-hydrogen) atoms. The highest BCUT2D eigenvalue weighted by Gasteiger charge is 2.34. The van der Waals surface area contributed by atoms with Crippen LogP contribution in [-0.2, 0) is 12.8 Å². The summed E-state index contributed by atoms with van der Waals surface area (Å²) in [4.78, 5) is 0. The van der Waals surface area contributed by atoms with Crippen LogP contribution in [0.5, 0.6) is 0 Å². The van der Waals surface area contributed by atoms with Crippen LogP contribution in [0.25, 0.3) is 16.9 Å². The van der Waals surface area contributed by atoms with Gasteiger partial charge < -0.3 is 5.53 Å². The molecule has 0 aliphatic carbocycles. The molecule has 0 radical (unpaired) electrons. The van der Waals surface area contributed by atoms with Crippen LogP contribution in [0.15, 0.2) is 59.7 Å². The van der Waals surface area contributed by atoms with Crippen LogP contribution in [-0.4, -0.2) is 4.70 Å². The molecule has 0 bridgehead atoms. The number of rotatable bonds is 12. The molecule has 0 aromatic heterocycles. The monoisotopic (exact) mass is 428 g/mol. The number of hydrogen-bond donors (Lipinski definition) is 0. The Kier molecular flexibility index (Phi) is 9.02. The van der Waals surface area contributed by atoms with E-state index in [0.717, 1.165) is 61.0 Å². The first-order valence-electron chi connectivity index (χ1n) is 12.8. The lowest BCUT2D eigenvalue weighted by Crippen LogP contribution is -2.03. The molecule has 0 saturated carbocycles. The molecule has 0 atom stereocenters. The van der Waals surface area contributed by atoms with E-state index >= 15 is 0 Å². The van der Waals surface area contributed by atoms with E-state index in [1.807, 2.05) is 0 Å². The average molecular weight is 429 g/mol. The highest BCUT2D eigenvalue weighted by Crippen LogP contribution is 2.43. The van der Waals surface area contributed by atoms with Crippen molar-refractivity contribution in [3.63, 3.8) is 0 Å². The Morgan fingerprint density at radius 1 is 0.625 bits per heavy atom. The fraction of sp³-hybridized carbons (Fsp3) is 0.467. The van der Waals surface area contributed by atoms with Crippen LogP contribution in [0.2, 0.25) is 0 Å². The van der Waals surface area contributed by atoms with Gasteiger partial charge in [0, 0.05) is 22.3 Å².